The Kier molecular flexibility index (Phi) is 4.23. The first-order valence-electron chi connectivity index (χ1n) is 5.85. The molecule has 1 aliphatic heterocycles. The quantitative estimate of drug-likeness (QED) is 0.849. The van der Waals surface area contributed by atoms with E-state index in [2.05, 4.69) is 0 Å². The Morgan fingerprint density at radius 1 is 1.47 bits per heavy atom. The fourth-order valence-corrected chi connectivity index (χ4v) is 1.89. The Morgan fingerprint density at radius 3 is 3.00 bits per heavy atom. The topological polar surface area (TPSA) is 47.9 Å². The Balaban J connectivity index is 2.01. The van der Waals surface area contributed by atoms with Gasteiger partial charge in [0.05, 0.1) is 19.8 Å². The van der Waals surface area contributed by atoms with Gasteiger partial charge in [-0.15, -0.1) is 0 Å². The monoisotopic (exact) mass is 238 g/mol. The van der Waals surface area contributed by atoms with E-state index in [9.17, 15) is 5.11 Å². The van der Waals surface area contributed by atoms with Gasteiger partial charge in [0.15, 0.2) is 0 Å². The molecule has 94 valence electrons. The van der Waals surface area contributed by atoms with Crippen molar-refractivity contribution in [2.45, 2.75) is 25.6 Å². The van der Waals surface area contributed by atoms with Crippen molar-refractivity contribution in [3.8, 4) is 11.5 Å². The molecular weight excluding hydrogens is 220 g/mol. The summed E-state index contributed by atoms with van der Waals surface area (Å²) in [5.41, 5.74) is 0.767. The highest BCUT2D eigenvalue weighted by atomic mass is 16.5. The third-order valence-corrected chi connectivity index (χ3v) is 2.89. The van der Waals surface area contributed by atoms with Crippen molar-refractivity contribution in [2.75, 3.05) is 20.3 Å². The highest BCUT2D eigenvalue weighted by molar-refractivity contribution is 5.40. The highest BCUT2D eigenvalue weighted by Gasteiger charge is 2.16. The van der Waals surface area contributed by atoms with Gasteiger partial charge in [-0.05, 0) is 25.0 Å². The van der Waals surface area contributed by atoms with Crippen LogP contribution in [0.15, 0.2) is 18.2 Å². The third-order valence-electron chi connectivity index (χ3n) is 2.89. The molecule has 1 aliphatic rings. The van der Waals surface area contributed by atoms with Crippen molar-refractivity contribution in [1.82, 2.24) is 0 Å². The van der Waals surface area contributed by atoms with Crippen LogP contribution in [0.4, 0.5) is 0 Å². The number of ether oxygens (including phenoxy) is 3. The Hall–Kier alpha value is -1.26. The molecule has 4 heteroatoms. The van der Waals surface area contributed by atoms with Crippen LogP contribution in [0.25, 0.3) is 0 Å². The van der Waals surface area contributed by atoms with E-state index in [1.807, 2.05) is 12.1 Å². The second kappa shape index (κ2) is 5.89. The predicted octanol–water partition coefficient (Wildman–Crippen LogP) is 1.75. The molecule has 1 saturated heterocycles. The summed E-state index contributed by atoms with van der Waals surface area (Å²) in [5.74, 6) is 1.40. The summed E-state index contributed by atoms with van der Waals surface area (Å²) < 4.78 is 16.3. The average molecular weight is 238 g/mol. The second-order valence-corrected chi connectivity index (χ2v) is 4.08. The summed E-state index contributed by atoms with van der Waals surface area (Å²) in [7, 11) is 1.61. The van der Waals surface area contributed by atoms with E-state index in [1.165, 1.54) is 0 Å². The molecule has 1 unspecified atom stereocenters. The van der Waals surface area contributed by atoms with Gasteiger partial charge in [0.2, 0.25) is 0 Å². The number of rotatable bonds is 5. The van der Waals surface area contributed by atoms with Crippen LogP contribution in [-0.2, 0) is 11.3 Å². The van der Waals surface area contributed by atoms with Crippen LogP contribution in [0.2, 0.25) is 0 Å². The zero-order valence-corrected chi connectivity index (χ0v) is 10.0. The van der Waals surface area contributed by atoms with Crippen LogP contribution in [-0.4, -0.2) is 31.5 Å². The molecule has 0 amide bonds. The number of aliphatic hydroxyl groups is 1. The largest absolute Gasteiger partial charge is 0.497 e. The molecule has 1 heterocycles. The van der Waals surface area contributed by atoms with E-state index < -0.39 is 0 Å². The lowest BCUT2D eigenvalue weighted by atomic mass is 10.2. The molecule has 17 heavy (non-hydrogen) atoms. The van der Waals surface area contributed by atoms with Gasteiger partial charge in [0, 0.05) is 18.2 Å². The van der Waals surface area contributed by atoms with Crippen molar-refractivity contribution in [1.29, 1.82) is 0 Å². The van der Waals surface area contributed by atoms with E-state index in [1.54, 1.807) is 13.2 Å². The normalized spacial score (nSPS) is 19.3. The minimum atomic E-state index is -0.0369. The molecular formula is C13H18O4. The minimum Gasteiger partial charge on any atom is -0.497 e. The SMILES string of the molecule is COc1ccc(CO)c(OCC2CCCO2)c1. The molecule has 1 aromatic carbocycles. The molecule has 4 nitrogen and oxygen atoms in total. The molecule has 0 saturated carbocycles. The first-order valence-corrected chi connectivity index (χ1v) is 5.85. The summed E-state index contributed by atoms with van der Waals surface area (Å²) in [6.07, 6.45) is 2.31. The minimum absolute atomic E-state index is 0.0369. The summed E-state index contributed by atoms with van der Waals surface area (Å²) in [5, 5.41) is 9.22. The lowest BCUT2D eigenvalue weighted by Gasteiger charge is -2.14. The van der Waals surface area contributed by atoms with Gasteiger partial charge in [-0.25, -0.2) is 0 Å². The molecule has 1 N–H and O–H groups in total. The zero-order valence-electron chi connectivity index (χ0n) is 10.0. The van der Waals surface area contributed by atoms with E-state index in [0.29, 0.717) is 12.4 Å². The summed E-state index contributed by atoms with van der Waals surface area (Å²) >= 11 is 0. The van der Waals surface area contributed by atoms with Crippen LogP contribution >= 0.6 is 0 Å². The van der Waals surface area contributed by atoms with Crippen molar-refractivity contribution in [2.24, 2.45) is 0 Å². The van der Waals surface area contributed by atoms with Gasteiger partial charge >= 0.3 is 0 Å². The lowest BCUT2D eigenvalue weighted by Crippen LogP contribution is -2.16. The Bertz CT molecular complexity index is 358. The molecule has 0 aromatic heterocycles. The van der Waals surface area contributed by atoms with E-state index in [4.69, 9.17) is 14.2 Å². The summed E-state index contributed by atoms with van der Waals surface area (Å²) in [6, 6.07) is 5.41. The number of methoxy groups -OCH3 is 1. The van der Waals surface area contributed by atoms with Crippen LogP contribution < -0.4 is 9.47 Å². The summed E-state index contributed by atoms with van der Waals surface area (Å²) in [6.45, 7) is 1.31. The van der Waals surface area contributed by atoms with Crippen LogP contribution in [0, 0.1) is 0 Å². The maximum atomic E-state index is 9.22. The van der Waals surface area contributed by atoms with E-state index >= 15 is 0 Å². The molecule has 2 rings (SSSR count). The van der Waals surface area contributed by atoms with E-state index in [0.717, 1.165) is 30.8 Å². The molecule has 0 spiro atoms. The van der Waals surface area contributed by atoms with Crippen LogP contribution in [0.5, 0.6) is 11.5 Å². The van der Waals surface area contributed by atoms with Crippen LogP contribution in [0.3, 0.4) is 0 Å². The smallest absolute Gasteiger partial charge is 0.128 e. The number of benzene rings is 1. The fraction of sp³-hybridized carbons (Fsp3) is 0.538. The number of aliphatic hydroxyl groups excluding tert-OH is 1. The highest BCUT2D eigenvalue weighted by Crippen LogP contribution is 2.25. The van der Waals surface area contributed by atoms with E-state index in [-0.39, 0.29) is 12.7 Å². The Morgan fingerprint density at radius 2 is 2.35 bits per heavy atom. The van der Waals surface area contributed by atoms with Gasteiger partial charge in [-0.1, -0.05) is 0 Å². The van der Waals surface area contributed by atoms with Gasteiger partial charge in [-0.2, -0.15) is 0 Å². The fourth-order valence-electron chi connectivity index (χ4n) is 1.89. The standard InChI is InChI=1S/C13H18O4/c1-15-11-5-4-10(8-14)13(7-11)17-9-12-3-2-6-16-12/h4-5,7,12,14H,2-3,6,8-9H2,1H3. The van der Waals surface area contributed by atoms with Gasteiger partial charge in [0.1, 0.15) is 18.1 Å². The van der Waals surface area contributed by atoms with Crippen molar-refractivity contribution < 1.29 is 19.3 Å². The van der Waals surface area contributed by atoms with Crippen molar-refractivity contribution in [3.63, 3.8) is 0 Å². The first kappa shape index (κ1) is 12.2. The van der Waals surface area contributed by atoms with Crippen LogP contribution in [0.1, 0.15) is 18.4 Å². The third kappa shape index (κ3) is 3.11. The molecule has 1 atom stereocenters. The number of hydrogen-bond donors (Lipinski definition) is 1. The lowest BCUT2D eigenvalue weighted by molar-refractivity contribution is 0.0670. The molecule has 1 fully saturated rings. The molecule has 1 aromatic rings. The maximum absolute atomic E-state index is 9.22. The summed E-state index contributed by atoms with van der Waals surface area (Å²) in [4.78, 5) is 0. The Labute approximate surface area is 101 Å². The molecule has 0 radical (unpaired) electrons. The maximum Gasteiger partial charge on any atom is 0.128 e. The molecule has 0 aliphatic carbocycles. The average Bonchev–Trinajstić information content (AvgIpc) is 2.89. The van der Waals surface area contributed by atoms with Gasteiger partial charge < -0.3 is 19.3 Å². The van der Waals surface area contributed by atoms with Crippen molar-refractivity contribution >= 4 is 0 Å². The second-order valence-electron chi connectivity index (χ2n) is 4.08. The molecule has 0 bridgehead atoms. The predicted molar refractivity (Wildman–Crippen MR) is 63.4 cm³/mol. The zero-order chi connectivity index (χ0) is 12.1. The van der Waals surface area contributed by atoms with Gasteiger partial charge in [-0.3, -0.25) is 0 Å². The number of hydrogen-bond acceptors (Lipinski definition) is 4. The van der Waals surface area contributed by atoms with Crippen molar-refractivity contribution in [3.05, 3.63) is 23.8 Å². The van der Waals surface area contributed by atoms with Gasteiger partial charge in [0.25, 0.3) is 0 Å². The first-order chi connectivity index (χ1) is 8.33.